The van der Waals surface area contributed by atoms with Gasteiger partial charge in [-0.1, -0.05) is 37.3 Å². The molecule has 2 unspecified atom stereocenters. The third kappa shape index (κ3) is 2.44. The molecule has 1 heterocycles. The van der Waals surface area contributed by atoms with Crippen molar-refractivity contribution in [1.29, 1.82) is 0 Å². The molecule has 1 aromatic heterocycles. The zero-order valence-electron chi connectivity index (χ0n) is 10.8. The summed E-state index contributed by atoms with van der Waals surface area (Å²) in [7, 11) is 0. The van der Waals surface area contributed by atoms with Gasteiger partial charge in [0.05, 0.1) is 12.0 Å². The van der Waals surface area contributed by atoms with Crippen LogP contribution < -0.4 is 0 Å². The van der Waals surface area contributed by atoms with E-state index in [1.54, 1.807) is 0 Å². The van der Waals surface area contributed by atoms with Crippen LogP contribution in [0, 0.1) is 0 Å². The normalized spacial score (nSPS) is 30.5. The number of hydrogen-bond acceptors (Lipinski definition) is 4. The van der Waals surface area contributed by atoms with Gasteiger partial charge in [-0.15, -0.1) is 0 Å². The molecule has 0 saturated heterocycles. The maximum atomic E-state index is 10.1. The molecule has 2 fully saturated rings. The fraction of sp³-hybridized carbons (Fsp3) is 0.857. The molecule has 4 nitrogen and oxygen atoms in total. The third-order valence-corrected chi connectivity index (χ3v) is 4.47. The number of rotatable bonds is 2. The highest BCUT2D eigenvalue weighted by atomic mass is 16.5. The summed E-state index contributed by atoms with van der Waals surface area (Å²) in [5.41, 5.74) is 0. The number of aliphatic hydroxyl groups excluding tert-OH is 1. The van der Waals surface area contributed by atoms with E-state index in [4.69, 9.17) is 4.52 Å². The SMILES string of the molecule is OC1CCCCCC1c1nc(C2CCCC2)no1. The number of hydrogen-bond donors (Lipinski definition) is 1. The van der Waals surface area contributed by atoms with Gasteiger partial charge in [-0.3, -0.25) is 0 Å². The highest BCUT2D eigenvalue weighted by Gasteiger charge is 2.30. The van der Waals surface area contributed by atoms with Crippen LogP contribution in [0.25, 0.3) is 0 Å². The Labute approximate surface area is 108 Å². The number of aliphatic hydroxyl groups is 1. The third-order valence-electron chi connectivity index (χ3n) is 4.47. The zero-order valence-corrected chi connectivity index (χ0v) is 10.8. The van der Waals surface area contributed by atoms with E-state index < -0.39 is 0 Å². The van der Waals surface area contributed by atoms with Crippen LogP contribution in [0.3, 0.4) is 0 Å². The molecule has 2 aliphatic rings. The standard InChI is InChI=1S/C14H22N2O2/c17-12-9-3-1-2-8-11(12)14-15-13(16-18-14)10-6-4-5-7-10/h10-12,17H,1-9H2. The fourth-order valence-corrected chi connectivity index (χ4v) is 3.32. The van der Waals surface area contributed by atoms with E-state index in [1.165, 1.54) is 32.1 Å². The molecule has 18 heavy (non-hydrogen) atoms. The van der Waals surface area contributed by atoms with Crippen molar-refractivity contribution < 1.29 is 9.63 Å². The molecule has 3 rings (SSSR count). The van der Waals surface area contributed by atoms with Crippen LogP contribution in [0.4, 0.5) is 0 Å². The van der Waals surface area contributed by atoms with Gasteiger partial charge in [-0.05, 0) is 25.7 Å². The van der Waals surface area contributed by atoms with Crippen LogP contribution >= 0.6 is 0 Å². The van der Waals surface area contributed by atoms with E-state index in [2.05, 4.69) is 10.1 Å². The Bertz CT molecular complexity index is 385. The maximum Gasteiger partial charge on any atom is 0.232 e. The average molecular weight is 250 g/mol. The van der Waals surface area contributed by atoms with Crippen molar-refractivity contribution >= 4 is 0 Å². The second kappa shape index (κ2) is 5.39. The first-order chi connectivity index (χ1) is 8.84. The molecular formula is C14H22N2O2. The summed E-state index contributed by atoms with van der Waals surface area (Å²) in [5.74, 6) is 2.10. The summed E-state index contributed by atoms with van der Waals surface area (Å²) >= 11 is 0. The van der Waals surface area contributed by atoms with E-state index in [-0.39, 0.29) is 12.0 Å². The Morgan fingerprint density at radius 3 is 2.50 bits per heavy atom. The van der Waals surface area contributed by atoms with Crippen molar-refractivity contribution in [2.45, 2.75) is 75.7 Å². The molecule has 4 heteroatoms. The highest BCUT2D eigenvalue weighted by molar-refractivity contribution is 5.03. The van der Waals surface area contributed by atoms with Crippen LogP contribution in [-0.2, 0) is 0 Å². The number of aromatic nitrogens is 2. The summed E-state index contributed by atoms with van der Waals surface area (Å²) in [6.45, 7) is 0. The molecule has 2 aliphatic carbocycles. The number of nitrogens with zero attached hydrogens (tertiary/aromatic N) is 2. The summed E-state index contributed by atoms with van der Waals surface area (Å²) in [4.78, 5) is 4.57. The van der Waals surface area contributed by atoms with Gasteiger partial charge in [-0.25, -0.2) is 0 Å². The molecule has 0 aromatic carbocycles. The molecule has 0 radical (unpaired) electrons. The molecular weight excluding hydrogens is 228 g/mol. The fourth-order valence-electron chi connectivity index (χ4n) is 3.32. The van der Waals surface area contributed by atoms with E-state index >= 15 is 0 Å². The molecule has 1 aromatic rings. The van der Waals surface area contributed by atoms with Crippen molar-refractivity contribution in [2.24, 2.45) is 0 Å². The van der Waals surface area contributed by atoms with Gasteiger partial charge in [0.1, 0.15) is 0 Å². The van der Waals surface area contributed by atoms with Gasteiger partial charge < -0.3 is 9.63 Å². The Balaban J connectivity index is 1.74. The zero-order chi connectivity index (χ0) is 12.4. The van der Waals surface area contributed by atoms with E-state index in [1.807, 2.05) is 0 Å². The molecule has 100 valence electrons. The molecule has 2 atom stereocenters. The summed E-state index contributed by atoms with van der Waals surface area (Å²) < 4.78 is 5.42. The minimum absolute atomic E-state index is 0.0650. The predicted octanol–water partition coefficient (Wildman–Crippen LogP) is 3.14. The Hall–Kier alpha value is -0.900. The van der Waals surface area contributed by atoms with Gasteiger partial charge >= 0.3 is 0 Å². The summed E-state index contributed by atoms with van der Waals surface area (Å²) in [6.07, 6.45) is 9.95. The predicted molar refractivity (Wildman–Crippen MR) is 67.3 cm³/mol. The van der Waals surface area contributed by atoms with Gasteiger partial charge in [0, 0.05) is 5.92 Å². The first kappa shape index (κ1) is 12.2. The van der Waals surface area contributed by atoms with E-state index in [0.717, 1.165) is 31.5 Å². The van der Waals surface area contributed by atoms with Gasteiger partial charge in [0.2, 0.25) is 5.89 Å². The van der Waals surface area contributed by atoms with Crippen molar-refractivity contribution in [3.8, 4) is 0 Å². The highest BCUT2D eigenvalue weighted by Crippen LogP contribution is 2.35. The minimum atomic E-state index is -0.302. The lowest BCUT2D eigenvalue weighted by Gasteiger charge is -2.15. The first-order valence-corrected chi connectivity index (χ1v) is 7.36. The lowest BCUT2D eigenvalue weighted by molar-refractivity contribution is 0.119. The minimum Gasteiger partial charge on any atom is -0.392 e. The molecule has 0 spiro atoms. The van der Waals surface area contributed by atoms with E-state index in [0.29, 0.717) is 11.8 Å². The monoisotopic (exact) mass is 250 g/mol. The van der Waals surface area contributed by atoms with Crippen molar-refractivity contribution in [3.63, 3.8) is 0 Å². The second-order valence-electron chi connectivity index (χ2n) is 5.78. The molecule has 0 bridgehead atoms. The Morgan fingerprint density at radius 1 is 0.944 bits per heavy atom. The van der Waals surface area contributed by atoms with Crippen LogP contribution in [0.15, 0.2) is 4.52 Å². The van der Waals surface area contributed by atoms with Gasteiger partial charge in [0.15, 0.2) is 5.82 Å². The van der Waals surface area contributed by atoms with E-state index in [9.17, 15) is 5.11 Å². The summed E-state index contributed by atoms with van der Waals surface area (Å²) in [5, 5.41) is 14.3. The first-order valence-electron chi connectivity index (χ1n) is 7.36. The van der Waals surface area contributed by atoms with Gasteiger partial charge in [-0.2, -0.15) is 4.98 Å². The van der Waals surface area contributed by atoms with Crippen LogP contribution in [-0.4, -0.2) is 21.4 Å². The van der Waals surface area contributed by atoms with Crippen LogP contribution in [0.5, 0.6) is 0 Å². The topological polar surface area (TPSA) is 59.2 Å². The summed E-state index contributed by atoms with van der Waals surface area (Å²) in [6, 6.07) is 0. The maximum absolute atomic E-state index is 10.1. The second-order valence-corrected chi connectivity index (χ2v) is 5.78. The smallest absolute Gasteiger partial charge is 0.232 e. The van der Waals surface area contributed by atoms with Crippen molar-refractivity contribution in [1.82, 2.24) is 10.1 Å². The quantitative estimate of drug-likeness (QED) is 0.819. The molecule has 0 aliphatic heterocycles. The van der Waals surface area contributed by atoms with Crippen molar-refractivity contribution in [2.75, 3.05) is 0 Å². The van der Waals surface area contributed by atoms with Crippen LogP contribution in [0.2, 0.25) is 0 Å². The molecule has 2 saturated carbocycles. The lowest BCUT2D eigenvalue weighted by atomic mass is 9.97. The Kier molecular flexibility index (Phi) is 3.64. The molecule has 1 N–H and O–H groups in total. The van der Waals surface area contributed by atoms with Crippen LogP contribution in [0.1, 0.15) is 81.3 Å². The Morgan fingerprint density at radius 2 is 1.67 bits per heavy atom. The van der Waals surface area contributed by atoms with Gasteiger partial charge in [0.25, 0.3) is 0 Å². The molecule has 0 amide bonds. The lowest BCUT2D eigenvalue weighted by Crippen LogP contribution is -2.17. The van der Waals surface area contributed by atoms with Crippen molar-refractivity contribution in [3.05, 3.63) is 11.7 Å². The largest absolute Gasteiger partial charge is 0.392 e. The average Bonchev–Trinajstić information content (AvgIpc) is 3.00.